The fraction of sp³-hybridized carbons (Fsp3) is 0.231. The molecule has 5 nitrogen and oxygen atoms in total. The van der Waals surface area contributed by atoms with Gasteiger partial charge in [0.2, 0.25) is 0 Å². The maximum absolute atomic E-state index is 5.66. The number of aromatic nitrogens is 2. The zero-order chi connectivity index (χ0) is 12.3. The van der Waals surface area contributed by atoms with Crippen molar-refractivity contribution in [2.24, 2.45) is 5.73 Å². The molecule has 0 aliphatic carbocycles. The Bertz CT molecular complexity index is 509. The van der Waals surface area contributed by atoms with Crippen molar-refractivity contribution >= 4 is 30.6 Å². The molecule has 0 bridgehead atoms. The standard InChI is InChI=1S/C13H16N4.2ClH.H2O/c1-9-8-12(11-6-4-3-5-7-11)16-17-13(9)15-10(2)14;;;/h3-8,10H,14H2,1-2H3,(H,15,17);2*1H;1H2. The van der Waals surface area contributed by atoms with E-state index in [1.807, 2.05) is 50.2 Å². The van der Waals surface area contributed by atoms with E-state index in [0.717, 1.165) is 22.6 Å². The molecule has 1 atom stereocenters. The first-order valence-corrected chi connectivity index (χ1v) is 5.58. The monoisotopic (exact) mass is 318 g/mol. The highest BCUT2D eigenvalue weighted by atomic mass is 35.5. The van der Waals surface area contributed by atoms with Gasteiger partial charge in [-0.2, -0.15) is 0 Å². The molecule has 1 aromatic carbocycles. The number of aryl methyl sites for hydroxylation is 1. The van der Waals surface area contributed by atoms with Crippen LogP contribution < -0.4 is 11.1 Å². The van der Waals surface area contributed by atoms with Gasteiger partial charge in [0.15, 0.2) is 5.82 Å². The van der Waals surface area contributed by atoms with Gasteiger partial charge in [-0.05, 0) is 25.5 Å². The van der Waals surface area contributed by atoms with Crippen LogP contribution in [0.3, 0.4) is 0 Å². The summed E-state index contributed by atoms with van der Waals surface area (Å²) in [5, 5.41) is 11.4. The maximum Gasteiger partial charge on any atom is 0.152 e. The van der Waals surface area contributed by atoms with Crippen molar-refractivity contribution in [2.45, 2.75) is 20.0 Å². The van der Waals surface area contributed by atoms with Gasteiger partial charge >= 0.3 is 0 Å². The Hall–Kier alpha value is -1.40. The summed E-state index contributed by atoms with van der Waals surface area (Å²) in [7, 11) is 0. The Morgan fingerprint density at radius 2 is 1.70 bits per heavy atom. The normalized spacial score (nSPS) is 10.3. The van der Waals surface area contributed by atoms with E-state index in [0.29, 0.717) is 0 Å². The van der Waals surface area contributed by atoms with Crippen molar-refractivity contribution in [3.63, 3.8) is 0 Å². The fourth-order valence-corrected chi connectivity index (χ4v) is 1.59. The molecule has 0 aliphatic heterocycles. The molecule has 1 aromatic heterocycles. The average Bonchev–Trinajstić information content (AvgIpc) is 2.32. The lowest BCUT2D eigenvalue weighted by Gasteiger charge is -2.11. The number of nitrogens with one attached hydrogen (secondary N) is 1. The van der Waals surface area contributed by atoms with Crippen LogP contribution in [0.15, 0.2) is 36.4 Å². The maximum atomic E-state index is 5.66. The molecule has 1 heterocycles. The minimum Gasteiger partial charge on any atom is -0.412 e. The topological polar surface area (TPSA) is 95.3 Å². The van der Waals surface area contributed by atoms with Gasteiger partial charge in [0.05, 0.1) is 11.9 Å². The van der Waals surface area contributed by atoms with Gasteiger partial charge in [-0.1, -0.05) is 30.3 Å². The van der Waals surface area contributed by atoms with Gasteiger partial charge < -0.3 is 16.5 Å². The zero-order valence-corrected chi connectivity index (χ0v) is 13.0. The number of anilines is 1. The number of rotatable bonds is 3. The Labute approximate surface area is 131 Å². The smallest absolute Gasteiger partial charge is 0.152 e. The van der Waals surface area contributed by atoms with Gasteiger partial charge in [-0.3, -0.25) is 0 Å². The van der Waals surface area contributed by atoms with Crippen molar-refractivity contribution in [3.05, 3.63) is 42.0 Å². The molecule has 0 aliphatic rings. The van der Waals surface area contributed by atoms with E-state index < -0.39 is 0 Å². The second-order valence-electron chi connectivity index (χ2n) is 4.06. The number of hydrogen-bond donors (Lipinski definition) is 2. The predicted octanol–water partition coefficient (Wildman–Crippen LogP) is 2.19. The molecule has 0 fully saturated rings. The first-order valence-electron chi connectivity index (χ1n) is 5.58. The Kier molecular flexibility index (Phi) is 9.93. The molecule has 0 saturated carbocycles. The third-order valence-corrected chi connectivity index (χ3v) is 2.42. The highest BCUT2D eigenvalue weighted by Gasteiger charge is 2.05. The Balaban J connectivity index is 0. The zero-order valence-electron chi connectivity index (χ0n) is 11.3. The number of hydrogen-bond acceptors (Lipinski definition) is 4. The van der Waals surface area contributed by atoms with Crippen LogP contribution in [-0.4, -0.2) is 21.8 Å². The van der Waals surface area contributed by atoms with E-state index in [2.05, 4.69) is 15.5 Å². The molecule has 20 heavy (non-hydrogen) atoms. The molecule has 0 spiro atoms. The third-order valence-electron chi connectivity index (χ3n) is 2.42. The van der Waals surface area contributed by atoms with Crippen molar-refractivity contribution in [3.8, 4) is 11.3 Å². The van der Waals surface area contributed by atoms with E-state index in [1.165, 1.54) is 0 Å². The predicted molar refractivity (Wildman–Crippen MR) is 87.6 cm³/mol. The second-order valence-corrected chi connectivity index (χ2v) is 4.06. The van der Waals surface area contributed by atoms with E-state index in [1.54, 1.807) is 0 Å². The van der Waals surface area contributed by atoms with Gasteiger partial charge in [-0.15, -0.1) is 35.0 Å². The Morgan fingerprint density at radius 1 is 1.10 bits per heavy atom. The lowest BCUT2D eigenvalue weighted by atomic mass is 10.1. The van der Waals surface area contributed by atoms with Crippen LogP contribution in [0.4, 0.5) is 5.82 Å². The van der Waals surface area contributed by atoms with Crippen LogP contribution in [0.1, 0.15) is 12.5 Å². The van der Waals surface area contributed by atoms with Crippen molar-refractivity contribution in [1.29, 1.82) is 0 Å². The summed E-state index contributed by atoms with van der Waals surface area (Å²) in [6.45, 7) is 3.86. The number of halogens is 2. The molecule has 5 N–H and O–H groups in total. The van der Waals surface area contributed by atoms with Crippen LogP contribution in [0.5, 0.6) is 0 Å². The van der Waals surface area contributed by atoms with Crippen molar-refractivity contribution in [2.75, 3.05) is 5.32 Å². The highest BCUT2D eigenvalue weighted by Crippen LogP contribution is 2.19. The summed E-state index contributed by atoms with van der Waals surface area (Å²) in [4.78, 5) is 0. The van der Waals surface area contributed by atoms with Crippen LogP contribution in [0.25, 0.3) is 11.3 Å². The largest absolute Gasteiger partial charge is 0.412 e. The number of nitrogens with two attached hydrogens (primary N) is 1. The van der Waals surface area contributed by atoms with Gasteiger partial charge in [0.25, 0.3) is 0 Å². The third kappa shape index (κ3) is 5.30. The molecular weight excluding hydrogens is 299 g/mol. The molecule has 2 rings (SSSR count). The summed E-state index contributed by atoms with van der Waals surface area (Å²) in [5.41, 5.74) is 8.64. The van der Waals surface area contributed by atoms with E-state index in [9.17, 15) is 0 Å². The first kappa shape index (κ1) is 20.9. The van der Waals surface area contributed by atoms with E-state index in [4.69, 9.17) is 5.73 Å². The molecule has 0 amide bonds. The van der Waals surface area contributed by atoms with Gasteiger partial charge in [-0.25, -0.2) is 0 Å². The van der Waals surface area contributed by atoms with Crippen LogP contribution in [-0.2, 0) is 0 Å². The lowest BCUT2D eigenvalue weighted by molar-refractivity contribution is 0.824. The number of benzene rings is 1. The minimum absolute atomic E-state index is 0. The molecule has 1 unspecified atom stereocenters. The summed E-state index contributed by atoms with van der Waals surface area (Å²) >= 11 is 0. The Morgan fingerprint density at radius 3 is 2.20 bits per heavy atom. The molecule has 7 heteroatoms. The minimum atomic E-state index is -0.134. The van der Waals surface area contributed by atoms with E-state index in [-0.39, 0.29) is 36.5 Å². The quantitative estimate of drug-likeness (QED) is 0.848. The average molecular weight is 319 g/mol. The molecule has 112 valence electrons. The van der Waals surface area contributed by atoms with Crippen LogP contribution >= 0.6 is 24.8 Å². The van der Waals surface area contributed by atoms with Crippen molar-refractivity contribution < 1.29 is 5.48 Å². The molecule has 0 saturated heterocycles. The molecular formula is C13H20Cl2N4O. The molecule has 2 aromatic rings. The SMILES string of the molecule is Cc1cc(-c2ccccc2)nnc1NC(C)N.Cl.Cl.O. The van der Waals surface area contributed by atoms with Crippen LogP contribution in [0.2, 0.25) is 0 Å². The van der Waals surface area contributed by atoms with Crippen molar-refractivity contribution in [1.82, 2.24) is 10.2 Å². The molecule has 0 radical (unpaired) electrons. The summed E-state index contributed by atoms with van der Waals surface area (Å²) < 4.78 is 0. The summed E-state index contributed by atoms with van der Waals surface area (Å²) in [5.74, 6) is 0.736. The number of nitrogens with zero attached hydrogens (tertiary/aromatic N) is 2. The highest BCUT2D eigenvalue weighted by molar-refractivity contribution is 5.85. The lowest BCUT2D eigenvalue weighted by Crippen LogP contribution is -2.26. The summed E-state index contributed by atoms with van der Waals surface area (Å²) in [6, 6.07) is 12.0. The van der Waals surface area contributed by atoms with E-state index >= 15 is 0 Å². The van der Waals surface area contributed by atoms with Gasteiger partial charge in [0.1, 0.15) is 0 Å². The first-order chi connectivity index (χ1) is 8.16. The van der Waals surface area contributed by atoms with Crippen LogP contribution in [0, 0.1) is 6.92 Å². The fourth-order valence-electron chi connectivity index (χ4n) is 1.59. The van der Waals surface area contributed by atoms with Gasteiger partial charge in [0, 0.05) is 5.56 Å². The second kappa shape index (κ2) is 9.50. The summed E-state index contributed by atoms with van der Waals surface area (Å²) in [6.07, 6.45) is -0.134.